The van der Waals surface area contributed by atoms with Gasteiger partial charge in [0.05, 0.1) is 28.1 Å². The minimum atomic E-state index is 0.505. The molecule has 0 aliphatic rings. The average Bonchev–Trinajstić information content (AvgIpc) is 2.81. The molecule has 2 rings (SSSR count). The summed E-state index contributed by atoms with van der Waals surface area (Å²) in [5, 5.41) is 7.45. The lowest BCUT2D eigenvalue weighted by atomic mass is 10.4. The maximum absolute atomic E-state index is 5.53. The lowest BCUT2D eigenvalue weighted by Gasteiger charge is -2.00. The molecule has 2 N–H and O–H groups in total. The molecule has 4 nitrogen and oxygen atoms in total. The van der Waals surface area contributed by atoms with Gasteiger partial charge in [0.2, 0.25) is 0 Å². The predicted molar refractivity (Wildman–Crippen MR) is 68.5 cm³/mol. The molecule has 0 radical (unpaired) electrons. The zero-order valence-corrected chi connectivity index (χ0v) is 11.6. The van der Waals surface area contributed by atoms with Crippen molar-refractivity contribution in [2.75, 3.05) is 0 Å². The van der Waals surface area contributed by atoms with E-state index in [1.807, 2.05) is 23.9 Å². The Labute approximate surface area is 107 Å². The predicted octanol–water partition coefficient (Wildman–Crippen LogP) is 2.23. The molecule has 0 aliphatic heterocycles. The van der Waals surface area contributed by atoms with Crippen LogP contribution in [-0.4, -0.2) is 14.8 Å². The van der Waals surface area contributed by atoms with Crippen molar-refractivity contribution >= 4 is 27.3 Å². The summed E-state index contributed by atoms with van der Waals surface area (Å²) in [4.78, 5) is 4.42. The van der Waals surface area contributed by atoms with Crippen LogP contribution in [0.25, 0.3) is 0 Å². The molecular formula is C10H13BrN4S. The summed E-state index contributed by atoms with van der Waals surface area (Å²) >= 11 is 5.11. The normalized spacial score (nSPS) is 11.0. The monoisotopic (exact) mass is 300 g/mol. The highest BCUT2D eigenvalue weighted by Crippen LogP contribution is 2.20. The van der Waals surface area contributed by atoms with Crippen molar-refractivity contribution in [2.24, 2.45) is 5.73 Å². The summed E-state index contributed by atoms with van der Waals surface area (Å²) in [7, 11) is 0. The van der Waals surface area contributed by atoms with Gasteiger partial charge in [0.25, 0.3) is 0 Å². The van der Waals surface area contributed by atoms with Crippen molar-refractivity contribution in [3.8, 4) is 0 Å². The van der Waals surface area contributed by atoms with Gasteiger partial charge in [-0.15, -0.1) is 11.3 Å². The molecular weight excluding hydrogens is 288 g/mol. The van der Waals surface area contributed by atoms with Crippen LogP contribution in [0.2, 0.25) is 0 Å². The van der Waals surface area contributed by atoms with Crippen LogP contribution < -0.4 is 5.73 Å². The molecule has 0 atom stereocenters. The van der Waals surface area contributed by atoms with Gasteiger partial charge in [-0.1, -0.05) is 0 Å². The van der Waals surface area contributed by atoms with Crippen LogP contribution in [0.3, 0.4) is 0 Å². The highest BCUT2D eigenvalue weighted by molar-refractivity contribution is 9.10. The maximum atomic E-state index is 5.53. The van der Waals surface area contributed by atoms with Crippen LogP contribution in [0.15, 0.2) is 9.85 Å². The molecule has 0 aliphatic carbocycles. The Balaban J connectivity index is 2.23. The zero-order chi connectivity index (χ0) is 11.7. The van der Waals surface area contributed by atoms with E-state index in [1.165, 1.54) is 0 Å². The Morgan fingerprint density at radius 3 is 2.75 bits per heavy atom. The molecule has 2 aromatic heterocycles. The second kappa shape index (κ2) is 4.65. The smallest absolute Gasteiger partial charge is 0.107 e. The molecule has 0 unspecified atom stereocenters. The fraction of sp³-hybridized carbons (Fsp3) is 0.400. The van der Waals surface area contributed by atoms with Crippen molar-refractivity contribution < 1.29 is 0 Å². The van der Waals surface area contributed by atoms with Gasteiger partial charge in [-0.25, -0.2) is 4.98 Å². The zero-order valence-electron chi connectivity index (χ0n) is 9.20. The second-order valence-corrected chi connectivity index (χ2v) is 5.31. The van der Waals surface area contributed by atoms with E-state index in [0.29, 0.717) is 13.1 Å². The summed E-state index contributed by atoms with van der Waals surface area (Å²) in [6, 6.07) is 0. The van der Waals surface area contributed by atoms with Gasteiger partial charge >= 0.3 is 0 Å². The molecule has 0 saturated carbocycles. The summed E-state index contributed by atoms with van der Waals surface area (Å²) < 4.78 is 3.02. The minimum absolute atomic E-state index is 0.505. The van der Waals surface area contributed by atoms with Crippen LogP contribution in [0, 0.1) is 13.8 Å². The number of halogens is 1. The maximum Gasteiger partial charge on any atom is 0.107 e. The van der Waals surface area contributed by atoms with Crippen LogP contribution in [0.1, 0.15) is 22.1 Å². The van der Waals surface area contributed by atoms with E-state index in [2.05, 4.69) is 26.0 Å². The third-order valence-corrected chi connectivity index (χ3v) is 4.45. The van der Waals surface area contributed by atoms with Crippen LogP contribution >= 0.6 is 27.3 Å². The van der Waals surface area contributed by atoms with Gasteiger partial charge in [-0.2, -0.15) is 5.10 Å². The van der Waals surface area contributed by atoms with Gasteiger partial charge in [0, 0.05) is 11.9 Å². The summed E-state index contributed by atoms with van der Waals surface area (Å²) in [5.74, 6) is 0. The largest absolute Gasteiger partial charge is 0.325 e. The third kappa shape index (κ3) is 2.18. The number of nitrogens with zero attached hydrogens (tertiary/aromatic N) is 3. The van der Waals surface area contributed by atoms with E-state index >= 15 is 0 Å². The van der Waals surface area contributed by atoms with Gasteiger partial charge in [-0.05, 0) is 29.8 Å². The SMILES string of the molecule is Cc1nn(Cc2csc(CN)n2)c(C)c1Br. The molecule has 0 amide bonds. The molecule has 16 heavy (non-hydrogen) atoms. The first-order valence-electron chi connectivity index (χ1n) is 4.94. The molecule has 2 aromatic rings. The Morgan fingerprint density at radius 1 is 1.50 bits per heavy atom. The molecule has 0 bridgehead atoms. The highest BCUT2D eigenvalue weighted by atomic mass is 79.9. The first-order valence-corrected chi connectivity index (χ1v) is 6.62. The van der Waals surface area contributed by atoms with E-state index in [0.717, 1.165) is 26.6 Å². The van der Waals surface area contributed by atoms with E-state index in [9.17, 15) is 0 Å². The highest BCUT2D eigenvalue weighted by Gasteiger charge is 2.10. The topological polar surface area (TPSA) is 56.7 Å². The first-order chi connectivity index (χ1) is 7.61. The average molecular weight is 301 g/mol. The van der Waals surface area contributed by atoms with Crippen molar-refractivity contribution in [3.05, 3.63) is 31.9 Å². The van der Waals surface area contributed by atoms with Gasteiger partial charge in [-0.3, -0.25) is 4.68 Å². The van der Waals surface area contributed by atoms with E-state index < -0.39 is 0 Å². The quantitative estimate of drug-likeness (QED) is 0.946. The minimum Gasteiger partial charge on any atom is -0.325 e. The fourth-order valence-electron chi connectivity index (χ4n) is 1.50. The molecule has 86 valence electrons. The van der Waals surface area contributed by atoms with Crippen LogP contribution in [0.5, 0.6) is 0 Å². The number of hydrogen-bond acceptors (Lipinski definition) is 4. The Kier molecular flexibility index (Phi) is 3.41. The molecule has 0 aromatic carbocycles. The number of nitrogens with two attached hydrogens (primary N) is 1. The van der Waals surface area contributed by atoms with Crippen molar-refractivity contribution in [2.45, 2.75) is 26.9 Å². The van der Waals surface area contributed by atoms with E-state index in [-0.39, 0.29) is 0 Å². The third-order valence-electron chi connectivity index (χ3n) is 2.38. The second-order valence-electron chi connectivity index (χ2n) is 3.58. The fourth-order valence-corrected chi connectivity index (χ4v) is 2.45. The number of thiazole rings is 1. The Bertz CT molecular complexity index is 503. The van der Waals surface area contributed by atoms with Gasteiger partial charge in [0.1, 0.15) is 5.01 Å². The molecule has 2 heterocycles. The van der Waals surface area contributed by atoms with Crippen molar-refractivity contribution in [3.63, 3.8) is 0 Å². The molecule has 0 saturated heterocycles. The number of hydrogen-bond donors (Lipinski definition) is 1. The number of aromatic nitrogens is 3. The first kappa shape index (κ1) is 11.8. The summed E-state index contributed by atoms with van der Waals surface area (Å²) in [6.07, 6.45) is 0. The molecule has 6 heteroatoms. The molecule has 0 spiro atoms. The van der Waals surface area contributed by atoms with E-state index in [4.69, 9.17) is 5.73 Å². The summed E-state index contributed by atoms with van der Waals surface area (Å²) in [6.45, 7) is 5.24. The Morgan fingerprint density at radius 2 is 2.25 bits per heavy atom. The van der Waals surface area contributed by atoms with Crippen molar-refractivity contribution in [1.82, 2.24) is 14.8 Å². The summed E-state index contributed by atoms with van der Waals surface area (Å²) in [5.41, 5.74) is 8.68. The lowest BCUT2D eigenvalue weighted by molar-refractivity contribution is 0.647. The molecule has 0 fully saturated rings. The number of rotatable bonds is 3. The Hall–Kier alpha value is -0.720. The van der Waals surface area contributed by atoms with Crippen LogP contribution in [0.4, 0.5) is 0 Å². The van der Waals surface area contributed by atoms with E-state index in [1.54, 1.807) is 11.3 Å². The standard InChI is InChI=1S/C10H13BrN4S/c1-6-10(11)7(2)15(14-6)4-8-5-16-9(3-12)13-8/h5H,3-4,12H2,1-2H3. The lowest BCUT2D eigenvalue weighted by Crippen LogP contribution is -2.05. The number of aryl methyl sites for hydroxylation is 1. The van der Waals surface area contributed by atoms with Gasteiger partial charge < -0.3 is 5.73 Å². The van der Waals surface area contributed by atoms with Crippen molar-refractivity contribution in [1.29, 1.82) is 0 Å². The van der Waals surface area contributed by atoms with Crippen LogP contribution in [-0.2, 0) is 13.1 Å². The van der Waals surface area contributed by atoms with Gasteiger partial charge in [0.15, 0.2) is 0 Å².